The van der Waals surface area contributed by atoms with Crippen molar-refractivity contribution < 1.29 is 14.3 Å². The number of carbonyl (C=O) groups excluding carboxylic acids is 2. The number of ether oxygens (including phenoxy) is 1. The highest BCUT2D eigenvalue weighted by molar-refractivity contribution is 6.43. The van der Waals surface area contributed by atoms with Gasteiger partial charge in [0.1, 0.15) is 0 Å². The summed E-state index contributed by atoms with van der Waals surface area (Å²) in [6, 6.07) is 8.42. The molecule has 1 aromatic rings. The SMILES string of the molecule is CC.CCOC(=O)C(Cl)C(=O)c1ccccc1. The third-order valence-corrected chi connectivity index (χ3v) is 2.16. The van der Waals surface area contributed by atoms with Crippen LogP contribution in [0.4, 0.5) is 0 Å². The first kappa shape index (κ1) is 15.7. The maximum Gasteiger partial charge on any atom is 0.332 e. The van der Waals surface area contributed by atoms with Gasteiger partial charge < -0.3 is 4.74 Å². The van der Waals surface area contributed by atoms with Crippen LogP contribution in [0.5, 0.6) is 0 Å². The van der Waals surface area contributed by atoms with Crippen LogP contribution in [0.1, 0.15) is 31.1 Å². The summed E-state index contributed by atoms with van der Waals surface area (Å²) in [7, 11) is 0. The number of ketones is 1. The van der Waals surface area contributed by atoms with Gasteiger partial charge in [0.15, 0.2) is 11.2 Å². The lowest BCUT2D eigenvalue weighted by atomic mass is 10.1. The number of alkyl halides is 1. The molecule has 3 nitrogen and oxygen atoms in total. The second kappa shape index (κ2) is 8.76. The van der Waals surface area contributed by atoms with Gasteiger partial charge in [0.05, 0.1) is 6.61 Å². The molecule has 0 heterocycles. The van der Waals surface area contributed by atoms with E-state index in [4.69, 9.17) is 11.6 Å². The van der Waals surface area contributed by atoms with E-state index in [-0.39, 0.29) is 6.61 Å². The molecule has 0 fully saturated rings. The maximum absolute atomic E-state index is 11.6. The summed E-state index contributed by atoms with van der Waals surface area (Å²) in [4.78, 5) is 22.8. The Morgan fingerprint density at radius 3 is 2.24 bits per heavy atom. The van der Waals surface area contributed by atoms with Crippen molar-refractivity contribution in [2.24, 2.45) is 0 Å². The van der Waals surface area contributed by atoms with Crippen molar-refractivity contribution >= 4 is 23.4 Å². The lowest BCUT2D eigenvalue weighted by Crippen LogP contribution is -2.26. The van der Waals surface area contributed by atoms with Crippen LogP contribution < -0.4 is 0 Å². The van der Waals surface area contributed by atoms with Gasteiger partial charge >= 0.3 is 5.97 Å². The van der Waals surface area contributed by atoms with Crippen molar-refractivity contribution in [3.63, 3.8) is 0 Å². The molecule has 0 radical (unpaired) electrons. The van der Waals surface area contributed by atoms with Crippen molar-refractivity contribution in [1.82, 2.24) is 0 Å². The predicted octanol–water partition coefficient (Wildman–Crippen LogP) is 3.07. The van der Waals surface area contributed by atoms with E-state index < -0.39 is 17.1 Å². The fourth-order valence-corrected chi connectivity index (χ4v) is 1.26. The van der Waals surface area contributed by atoms with E-state index in [1.807, 2.05) is 13.8 Å². The van der Waals surface area contributed by atoms with Gasteiger partial charge in [-0.1, -0.05) is 44.2 Å². The van der Waals surface area contributed by atoms with E-state index in [0.29, 0.717) is 5.56 Å². The first-order chi connectivity index (χ1) is 8.16. The highest BCUT2D eigenvalue weighted by Gasteiger charge is 2.25. The van der Waals surface area contributed by atoms with Crippen molar-refractivity contribution in [1.29, 1.82) is 0 Å². The van der Waals surface area contributed by atoms with Crippen LogP contribution in [-0.2, 0) is 9.53 Å². The lowest BCUT2D eigenvalue weighted by molar-refractivity contribution is -0.141. The normalized spacial score (nSPS) is 10.8. The zero-order chi connectivity index (χ0) is 13.3. The molecule has 0 aliphatic carbocycles. The summed E-state index contributed by atoms with van der Waals surface area (Å²) in [6.45, 7) is 5.87. The fraction of sp³-hybridized carbons (Fsp3) is 0.385. The highest BCUT2D eigenvalue weighted by atomic mass is 35.5. The summed E-state index contributed by atoms with van der Waals surface area (Å²) in [5.74, 6) is -1.14. The molecule has 1 unspecified atom stereocenters. The average Bonchev–Trinajstić information content (AvgIpc) is 2.40. The molecule has 0 bridgehead atoms. The van der Waals surface area contributed by atoms with Gasteiger partial charge in [-0.2, -0.15) is 0 Å². The van der Waals surface area contributed by atoms with Crippen molar-refractivity contribution in [2.45, 2.75) is 26.1 Å². The minimum absolute atomic E-state index is 0.212. The first-order valence-electron chi connectivity index (χ1n) is 5.56. The first-order valence-corrected chi connectivity index (χ1v) is 6.00. The Kier molecular flexibility index (Phi) is 8.07. The molecule has 1 rings (SSSR count). The average molecular weight is 257 g/mol. The van der Waals surface area contributed by atoms with Gasteiger partial charge in [-0.3, -0.25) is 4.79 Å². The van der Waals surface area contributed by atoms with Gasteiger partial charge in [-0.25, -0.2) is 4.79 Å². The molecule has 0 spiro atoms. The van der Waals surface area contributed by atoms with Crippen LogP contribution in [0.3, 0.4) is 0 Å². The van der Waals surface area contributed by atoms with Gasteiger partial charge in [-0.05, 0) is 6.92 Å². The largest absolute Gasteiger partial charge is 0.465 e. The Morgan fingerprint density at radius 1 is 1.24 bits per heavy atom. The van der Waals surface area contributed by atoms with Crippen LogP contribution >= 0.6 is 11.6 Å². The van der Waals surface area contributed by atoms with E-state index >= 15 is 0 Å². The summed E-state index contributed by atoms with van der Waals surface area (Å²) >= 11 is 5.67. The molecule has 94 valence electrons. The topological polar surface area (TPSA) is 43.4 Å². The number of esters is 1. The molecule has 0 aromatic heterocycles. The minimum Gasteiger partial charge on any atom is -0.465 e. The van der Waals surface area contributed by atoms with Crippen molar-refractivity contribution in [3.05, 3.63) is 35.9 Å². The monoisotopic (exact) mass is 256 g/mol. The number of rotatable bonds is 4. The van der Waals surface area contributed by atoms with E-state index in [1.54, 1.807) is 37.3 Å². The minimum atomic E-state index is -1.26. The molecule has 4 heteroatoms. The Bertz CT molecular complexity index is 349. The van der Waals surface area contributed by atoms with E-state index in [9.17, 15) is 9.59 Å². The molecule has 0 aliphatic rings. The van der Waals surface area contributed by atoms with Crippen molar-refractivity contribution in [3.8, 4) is 0 Å². The van der Waals surface area contributed by atoms with Crippen LogP contribution in [0.15, 0.2) is 30.3 Å². The van der Waals surface area contributed by atoms with Crippen LogP contribution in [0, 0.1) is 0 Å². The highest BCUT2D eigenvalue weighted by Crippen LogP contribution is 2.09. The molecular formula is C13H17ClO3. The Balaban J connectivity index is 0.00000121. The number of hydrogen-bond acceptors (Lipinski definition) is 3. The maximum atomic E-state index is 11.6. The number of Topliss-reactive ketones (excluding diaryl/α,β-unsaturated/α-hetero) is 1. The molecule has 0 N–H and O–H groups in total. The second-order valence-corrected chi connectivity index (χ2v) is 3.28. The molecule has 0 saturated carbocycles. The zero-order valence-electron chi connectivity index (χ0n) is 10.3. The summed E-state index contributed by atoms with van der Waals surface area (Å²) < 4.78 is 4.65. The zero-order valence-corrected chi connectivity index (χ0v) is 11.0. The molecule has 0 amide bonds. The summed E-state index contributed by atoms with van der Waals surface area (Å²) in [5, 5.41) is -1.26. The molecular weight excluding hydrogens is 240 g/mol. The lowest BCUT2D eigenvalue weighted by Gasteiger charge is -2.07. The number of halogens is 1. The Labute approximate surface area is 107 Å². The van der Waals surface area contributed by atoms with E-state index in [2.05, 4.69) is 4.74 Å². The van der Waals surface area contributed by atoms with E-state index in [1.165, 1.54) is 0 Å². The van der Waals surface area contributed by atoms with Gasteiger partial charge in [0.2, 0.25) is 0 Å². The van der Waals surface area contributed by atoms with Crippen LogP contribution in [-0.4, -0.2) is 23.7 Å². The third-order valence-electron chi connectivity index (χ3n) is 1.78. The predicted molar refractivity (Wildman–Crippen MR) is 68.4 cm³/mol. The number of carbonyl (C=O) groups is 2. The summed E-state index contributed by atoms with van der Waals surface area (Å²) in [5.41, 5.74) is 0.408. The molecule has 0 aliphatic heterocycles. The smallest absolute Gasteiger partial charge is 0.332 e. The number of hydrogen-bond donors (Lipinski definition) is 0. The Morgan fingerprint density at radius 2 is 1.76 bits per heavy atom. The fourth-order valence-electron chi connectivity index (χ4n) is 1.07. The Hall–Kier alpha value is -1.35. The van der Waals surface area contributed by atoms with E-state index in [0.717, 1.165) is 0 Å². The molecule has 0 saturated heterocycles. The quantitative estimate of drug-likeness (QED) is 0.360. The van der Waals surface area contributed by atoms with Crippen LogP contribution in [0.25, 0.3) is 0 Å². The molecule has 17 heavy (non-hydrogen) atoms. The standard InChI is InChI=1S/C11H11ClO3.C2H6/c1-2-15-11(14)9(12)10(13)8-6-4-3-5-7-8;1-2/h3-7,9H,2H2,1H3;1-2H3. The van der Waals surface area contributed by atoms with Crippen LogP contribution in [0.2, 0.25) is 0 Å². The second-order valence-electron chi connectivity index (χ2n) is 2.84. The molecule has 1 atom stereocenters. The van der Waals surface area contributed by atoms with Crippen molar-refractivity contribution in [2.75, 3.05) is 6.61 Å². The summed E-state index contributed by atoms with van der Waals surface area (Å²) in [6.07, 6.45) is 0. The van der Waals surface area contributed by atoms with Gasteiger partial charge in [0, 0.05) is 5.56 Å². The third kappa shape index (κ3) is 5.00. The van der Waals surface area contributed by atoms with Gasteiger partial charge in [0.25, 0.3) is 0 Å². The number of benzene rings is 1. The van der Waals surface area contributed by atoms with Gasteiger partial charge in [-0.15, -0.1) is 11.6 Å². The molecule has 1 aromatic carbocycles.